The Morgan fingerprint density at radius 3 is 2.65 bits per heavy atom. The Labute approximate surface area is 198 Å². The van der Waals surface area contributed by atoms with E-state index >= 15 is 0 Å². The Morgan fingerprint density at radius 2 is 1.94 bits per heavy atom. The molecule has 34 heavy (non-hydrogen) atoms. The number of urea groups is 1. The van der Waals surface area contributed by atoms with Gasteiger partial charge in [-0.25, -0.2) is 14.6 Å². The van der Waals surface area contributed by atoms with Gasteiger partial charge in [0, 0.05) is 63.9 Å². The zero-order valence-electron chi connectivity index (χ0n) is 19.8. The van der Waals surface area contributed by atoms with Crippen molar-refractivity contribution in [3.8, 4) is 11.8 Å². The summed E-state index contributed by atoms with van der Waals surface area (Å²) in [6.45, 7) is 9.71. The molecule has 2 saturated heterocycles. The van der Waals surface area contributed by atoms with Crippen molar-refractivity contribution in [1.29, 1.82) is 0 Å². The van der Waals surface area contributed by atoms with Crippen LogP contribution >= 0.6 is 0 Å². The molecule has 0 unspecified atom stereocenters. The number of fused-ring (bicyclic) bond motifs is 1. The Balaban J connectivity index is 1.28. The maximum atomic E-state index is 12.2. The Bertz CT molecular complexity index is 1150. The highest BCUT2D eigenvalue weighted by atomic mass is 16.6. The molecule has 0 aromatic carbocycles. The van der Waals surface area contributed by atoms with Gasteiger partial charge in [0.25, 0.3) is 0 Å². The maximum Gasteiger partial charge on any atom is 0.410 e. The minimum absolute atomic E-state index is 0.251. The number of pyridine rings is 1. The number of hydrogen-bond acceptors (Lipinski definition) is 6. The van der Waals surface area contributed by atoms with Gasteiger partial charge in [0.2, 0.25) is 5.91 Å². The quantitative estimate of drug-likeness (QED) is 0.696. The van der Waals surface area contributed by atoms with Crippen molar-refractivity contribution in [2.75, 3.05) is 44.2 Å². The molecule has 2 aromatic heterocycles. The van der Waals surface area contributed by atoms with E-state index < -0.39 is 11.6 Å². The van der Waals surface area contributed by atoms with Crippen LogP contribution in [0.2, 0.25) is 0 Å². The normalized spacial score (nSPS) is 17.4. The first-order chi connectivity index (χ1) is 16.2. The molecule has 4 amide bonds. The highest BCUT2D eigenvalue weighted by molar-refractivity contribution is 6.05. The van der Waals surface area contributed by atoms with E-state index in [0.29, 0.717) is 31.1 Å². The molecular weight excluding hydrogens is 436 g/mol. The molecule has 0 atom stereocenters. The van der Waals surface area contributed by atoms with Gasteiger partial charge in [-0.2, -0.15) is 0 Å². The largest absolute Gasteiger partial charge is 0.444 e. The van der Waals surface area contributed by atoms with Gasteiger partial charge >= 0.3 is 12.1 Å². The zero-order valence-corrected chi connectivity index (χ0v) is 19.8. The summed E-state index contributed by atoms with van der Waals surface area (Å²) in [5.41, 5.74) is 1.05. The smallest absolute Gasteiger partial charge is 0.410 e. The van der Waals surface area contributed by atoms with Crippen molar-refractivity contribution in [1.82, 2.24) is 24.5 Å². The molecular formula is C24H30N6O4. The Hall–Kier alpha value is -3.58. The van der Waals surface area contributed by atoms with E-state index in [0.717, 1.165) is 31.6 Å². The van der Waals surface area contributed by atoms with Crippen LogP contribution in [-0.4, -0.2) is 82.1 Å². The fraction of sp³-hybridized carbons (Fsp3) is 0.500. The summed E-state index contributed by atoms with van der Waals surface area (Å²) in [5.74, 6) is 6.74. The minimum Gasteiger partial charge on any atom is -0.444 e. The van der Waals surface area contributed by atoms with Crippen LogP contribution in [0.4, 0.5) is 15.4 Å². The number of nitrogens with one attached hydrogen (secondary N) is 1. The summed E-state index contributed by atoms with van der Waals surface area (Å²) in [7, 11) is 0. The number of anilines is 1. The number of aromatic nitrogens is 2. The Kier molecular flexibility index (Phi) is 6.75. The van der Waals surface area contributed by atoms with Gasteiger partial charge in [-0.1, -0.05) is 11.8 Å². The third-order valence-electron chi connectivity index (χ3n) is 5.63. The zero-order chi connectivity index (χ0) is 24.3. The summed E-state index contributed by atoms with van der Waals surface area (Å²) in [6, 6.07) is 3.33. The third-order valence-corrected chi connectivity index (χ3v) is 5.63. The molecule has 2 aliphatic rings. The number of piperazine rings is 1. The standard InChI is InChI=1S/C24H30N6O4/c1-24(2,3)34-23(33)28-14-12-27(13-15-28)9-5-4-6-18-7-10-29-19(16-18)25-17-21(29)30-11-8-20(31)26-22(30)32/h7,10,16-17H,5,8-9,11-15H2,1-3H3,(H,26,31,32). The fourth-order valence-corrected chi connectivity index (χ4v) is 3.89. The van der Waals surface area contributed by atoms with Crippen LogP contribution in [0.5, 0.6) is 0 Å². The lowest BCUT2D eigenvalue weighted by Crippen LogP contribution is -2.50. The number of carbonyl (C=O) groups excluding carboxylic acids is 3. The van der Waals surface area contributed by atoms with Crippen LogP contribution in [0.15, 0.2) is 24.5 Å². The van der Waals surface area contributed by atoms with E-state index in [4.69, 9.17) is 4.74 Å². The summed E-state index contributed by atoms with van der Waals surface area (Å²) >= 11 is 0. The van der Waals surface area contributed by atoms with Gasteiger partial charge in [-0.15, -0.1) is 0 Å². The fourth-order valence-electron chi connectivity index (χ4n) is 3.89. The molecule has 180 valence electrons. The summed E-state index contributed by atoms with van der Waals surface area (Å²) in [4.78, 5) is 45.6. The number of carbonyl (C=O) groups is 3. The Morgan fingerprint density at radius 1 is 1.18 bits per heavy atom. The number of hydrogen-bond donors (Lipinski definition) is 1. The second-order valence-corrected chi connectivity index (χ2v) is 9.38. The third kappa shape index (κ3) is 5.66. The second-order valence-electron chi connectivity index (χ2n) is 9.38. The SMILES string of the molecule is CC(C)(C)OC(=O)N1CCN(CCC#Cc2ccn3c(N4CCC(=O)NC4=O)cnc3c2)CC1. The molecule has 2 aliphatic heterocycles. The molecule has 10 heteroatoms. The van der Waals surface area contributed by atoms with Crippen LogP contribution in [0.1, 0.15) is 39.2 Å². The molecule has 1 N–H and O–H groups in total. The van der Waals surface area contributed by atoms with E-state index in [2.05, 4.69) is 27.0 Å². The number of ether oxygens (including phenoxy) is 1. The molecule has 4 heterocycles. The molecule has 0 bridgehead atoms. The van der Waals surface area contributed by atoms with Crippen LogP contribution < -0.4 is 10.2 Å². The van der Waals surface area contributed by atoms with Gasteiger partial charge in [0.05, 0.1) is 6.20 Å². The van der Waals surface area contributed by atoms with E-state index in [-0.39, 0.29) is 18.4 Å². The van der Waals surface area contributed by atoms with Crippen molar-refractivity contribution < 1.29 is 19.1 Å². The molecule has 10 nitrogen and oxygen atoms in total. The topological polar surface area (TPSA) is 99.5 Å². The van der Waals surface area contributed by atoms with Crippen LogP contribution in [-0.2, 0) is 9.53 Å². The molecule has 0 spiro atoms. The van der Waals surface area contributed by atoms with Gasteiger partial charge in [-0.3, -0.25) is 24.3 Å². The van der Waals surface area contributed by atoms with Crippen LogP contribution in [0.3, 0.4) is 0 Å². The van der Waals surface area contributed by atoms with Crippen LogP contribution in [0.25, 0.3) is 5.65 Å². The molecule has 0 radical (unpaired) electrons. The van der Waals surface area contributed by atoms with Crippen molar-refractivity contribution in [2.24, 2.45) is 0 Å². The maximum absolute atomic E-state index is 12.2. The molecule has 2 fully saturated rings. The van der Waals surface area contributed by atoms with Crippen molar-refractivity contribution in [3.05, 3.63) is 30.1 Å². The average Bonchev–Trinajstić information content (AvgIpc) is 3.19. The lowest BCUT2D eigenvalue weighted by atomic mass is 10.2. The lowest BCUT2D eigenvalue weighted by molar-refractivity contribution is -0.120. The van der Waals surface area contributed by atoms with E-state index in [1.165, 1.54) is 4.90 Å². The van der Waals surface area contributed by atoms with Gasteiger partial charge in [0.1, 0.15) is 17.1 Å². The number of imide groups is 1. The van der Waals surface area contributed by atoms with E-state index in [9.17, 15) is 14.4 Å². The number of rotatable bonds is 3. The molecule has 0 aliphatic carbocycles. The first kappa shape index (κ1) is 23.6. The summed E-state index contributed by atoms with van der Waals surface area (Å²) in [6.07, 6.45) is 4.19. The average molecular weight is 467 g/mol. The predicted molar refractivity (Wildman–Crippen MR) is 126 cm³/mol. The number of nitrogens with zero attached hydrogens (tertiary/aromatic N) is 5. The highest BCUT2D eigenvalue weighted by Gasteiger charge is 2.27. The van der Waals surface area contributed by atoms with E-state index in [1.807, 2.05) is 43.5 Å². The first-order valence-electron chi connectivity index (χ1n) is 11.5. The van der Waals surface area contributed by atoms with Crippen LogP contribution in [0, 0.1) is 11.8 Å². The monoisotopic (exact) mass is 466 g/mol. The molecule has 2 aromatic rings. The van der Waals surface area contributed by atoms with Crippen molar-refractivity contribution in [2.45, 2.75) is 39.2 Å². The van der Waals surface area contributed by atoms with Gasteiger partial charge in [0.15, 0.2) is 0 Å². The van der Waals surface area contributed by atoms with Gasteiger partial charge in [-0.05, 0) is 32.9 Å². The van der Waals surface area contributed by atoms with Gasteiger partial charge < -0.3 is 9.64 Å². The highest BCUT2D eigenvalue weighted by Crippen LogP contribution is 2.20. The number of imidazole rings is 1. The lowest BCUT2D eigenvalue weighted by Gasteiger charge is -2.35. The predicted octanol–water partition coefficient (Wildman–Crippen LogP) is 2.07. The first-order valence-corrected chi connectivity index (χ1v) is 11.5. The molecule has 4 rings (SSSR count). The molecule has 0 saturated carbocycles. The minimum atomic E-state index is -0.479. The summed E-state index contributed by atoms with van der Waals surface area (Å²) < 4.78 is 7.25. The van der Waals surface area contributed by atoms with Crippen molar-refractivity contribution in [3.63, 3.8) is 0 Å². The number of amides is 4. The van der Waals surface area contributed by atoms with E-state index in [1.54, 1.807) is 11.1 Å². The summed E-state index contributed by atoms with van der Waals surface area (Å²) in [5, 5.41) is 2.33. The van der Waals surface area contributed by atoms with Crippen molar-refractivity contribution >= 4 is 29.5 Å². The second kappa shape index (κ2) is 9.73.